The van der Waals surface area contributed by atoms with Crippen molar-refractivity contribution in [3.05, 3.63) is 71.3 Å². The van der Waals surface area contributed by atoms with E-state index in [2.05, 4.69) is 6.92 Å². The van der Waals surface area contributed by atoms with Crippen LogP contribution >= 0.6 is 0 Å². The minimum atomic E-state index is -1.49. The predicted molar refractivity (Wildman–Crippen MR) is 118 cm³/mol. The number of fused-ring (bicyclic) bond motifs is 1. The number of hydrogen-bond donors (Lipinski definition) is 0. The van der Waals surface area contributed by atoms with E-state index in [1.807, 2.05) is 6.07 Å². The maximum atomic E-state index is 15.0. The van der Waals surface area contributed by atoms with E-state index in [-0.39, 0.29) is 16.6 Å². The molecular weight excluding hydrogens is 400 g/mol. The first-order valence-electron chi connectivity index (χ1n) is 11.3. The molecule has 0 unspecified atom stereocenters. The zero-order valence-electron chi connectivity index (χ0n) is 17.9. The molecule has 1 aliphatic carbocycles. The summed E-state index contributed by atoms with van der Waals surface area (Å²) in [6.45, 7) is 2.23. The van der Waals surface area contributed by atoms with Gasteiger partial charge in [-0.3, -0.25) is 0 Å². The number of halogens is 4. The standard InChI is InChI=1S/C27H28F4/c1-2-3-4-5-17-6-8-18(9-7-17)19-10-12-22(24(28)15-19)20-11-13-23-21(14-20)16-25(29)27(31)26(23)30/h10-18H,2-9H2,1H3. The minimum Gasteiger partial charge on any atom is -0.206 e. The van der Waals surface area contributed by atoms with Crippen molar-refractivity contribution in [2.24, 2.45) is 5.92 Å². The first-order chi connectivity index (χ1) is 15.0. The molecule has 0 saturated heterocycles. The largest absolute Gasteiger partial charge is 0.206 e. The van der Waals surface area contributed by atoms with E-state index in [0.29, 0.717) is 17.0 Å². The van der Waals surface area contributed by atoms with E-state index in [9.17, 15) is 17.6 Å². The van der Waals surface area contributed by atoms with Crippen molar-refractivity contribution in [1.29, 1.82) is 0 Å². The molecule has 0 N–H and O–H groups in total. The third-order valence-electron chi connectivity index (χ3n) is 6.81. The minimum absolute atomic E-state index is 0.0182. The van der Waals surface area contributed by atoms with Crippen LogP contribution in [0.1, 0.15) is 69.8 Å². The number of hydrogen-bond acceptors (Lipinski definition) is 0. The molecule has 1 aliphatic rings. The van der Waals surface area contributed by atoms with Crippen LogP contribution in [0.5, 0.6) is 0 Å². The van der Waals surface area contributed by atoms with E-state index < -0.39 is 17.5 Å². The fraction of sp³-hybridized carbons (Fsp3) is 0.407. The lowest BCUT2D eigenvalue weighted by atomic mass is 9.77. The third-order valence-corrected chi connectivity index (χ3v) is 6.81. The molecule has 3 aromatic rings. The van der Waals surface area contributed by atoms with Gasteiger partial charge in [0.05, 0.1) is 0 Å². The quantitative estimate of drug-likeness (QED) is 0.209. The Balaban J connectivity index is 1.51. The second kappa shape index (κ2) is 9.42. The first kappa shape index (κ1) is 21.9. The van der Waals surface area contributed by atoms with Crippen LogP contribution in [0.25, 0.3) is 21.9 Å². The van der Waals surface area contributed by atoms with Crippen LogP contribution in [-0.4, -0.2) is 0 Å². The van der Waals surface area contributed by atoms with E-state index in [1.54, 1.807) is 18.2 Å². The third kappa shape index (κ3) is 4.63. The van der Waals surface area contributed by atoms with Crippen LogP contribution in [0.4, 0.5) is 17.6 Å². The van der Waals surface area contributed by atoms with Gasteiger partial charge in [-0.2, -0.15) is 0 Å². The summed E-state index contributed by atoms with van der Waals surface area (Å²) in [6, 6.07) is 10.7. The highest BCUT2D eigenvalue weighted by Crippen LogP contribution is 2.39. The van der Waals surface area contributed by atoms with Gasteiger partial charge in [-0.05, 0) is 72.2 Å². The molecule has 164 valence electrons. The second-order valence-corrected chi connectivity index (χ2v) is 8.87. The van der Waals surface area contributed by atoms with Gasteiger partial charge < -0.3 is 0 Å². The molecule has 0 radical (unpaired) electrons. The van der Waals surface area contributed by atoms with E-state index in [0.717, 1.165) is 30.4 Å². The van der Waals surface area contributed by atoms with Gasteiger partial charge in [0.2, 0.25) is 0 Å². The maximum absolute atomic E-state index is 15.0. The lowest BCUT2D eigenvalue weighted by molar-refractivity contribution is 0.302. The van der Waals surface area contributed by atoms with Crippen LogP contribution in [0, 0.1) is 29.2 Å². The fourth-order valence-electron chi connectivity index (χ4n) is 4.96. The van der Waals surface area contributed by atoms with Crippen molar-refractivity contribution in [3.63, 3.8) is 0 Å². The summed E-state index contributed by atoms with van der Waals surface area (Å²) in [6.07, 6.45) is 9.76. The number of rotatable bonds is 6. The van der Waals surface area contributed by atoms with Gasteiger partial charge in [0, 0.05) is 10.9 Å². The van der Waals surface area contributed by atoms with E-state index in [4.69, 9.17) is 0 Å². The van der Waals surface area contributed by atoms with Gasteiger partial charge in [0.15, 0.2) is 17.5 Å². The van der Waals surface area contributed by atoms with Crippen LogP contribution in [-0.2, 0) is 0 Å². The number of unbranched alkanes of at least 4 members (excludes halogenated alkanes) is 2. The van der Waals surface area contributed by atoms with Crippen LogP contribution in [0.15, 0.2) is 42.5 Å². The SMILES string of the molecule is CCCCCC1CCC(c2ccc(-c3ccc4c(F)c(F)c(F)cc4c3)c(F)c2)CC1. The lowest BCUT2D eigenvalue weighted by Crippen LogP contribution is -2.13. The topological polar surface area (TPSA) is 0 Å². The molecule has 0 atom stereocenters. The summed E-state index contributed by atoms with van der Waals surface area (Å²) in [7, 11) is 0. The molecular formula is C27H28F4. The molecule has 0 spiro atoms. The van der Waals surface area contributed by atoms with Gasteiger partial charge in [-0.15, -0.1) is 0 Å². The van der Waals surface area contributed by atoms with Crippen molar-refractivity contribution in [1.82, 2.24) is 0 Å². The van der Waals surface area contributed by atoms with Crippen molar-refractivity contribution >= 4 is 10.8 Å². The lowest BCUT2D eigenvalue weighted by Gasteiger charge is -2.29. The van der Waals surface area contributed by atoms with Crippen molar-refractivity contribution < 1.29 is 17.6 Å². The molecule has 0 bridgehead atoms. The highest BCUT2D eigenvalue weighted by atomic mass is 19.2. The monoisotopic (exact) mass is 428 g/mol. The van der Waals surface area contributed by atoms with Gasteiger partial charge >= 0.3 is 0 Å². The Morgan fingerprint density at radius 2 is 1.55 bits per heavy atom. The van der Waals surface area contributed by atoms with Crippen molar-refractivity contribution in [2.75, 3.05) is 0 Å². The average molecular weight is 429 g/mol. The van der Waals surface area contributed by atoms with Crippen LogP contribution in [0.3, 0.4) is 0 Å². The highest BCUT2D eigenvalue weighted by molar-refractivity contribution is 5.88. The average Bonchev–Trinajstić information content (AvgIpc) is 2.78. The molecule has 1 saturated carbocycles. The molecule has 4 rings (SSSR count). The van der Waals surface area contributed by atoms with E-state index in [1.165, 1.54) is 50.7 Å². The molecule has 1 fully saturated rings. The first-order valence-corrected chi connectivity index (χ1v) is 11.3. The molecule has 3 aromatic carbocycles. The summed E-state index contributed by atoms with van der Waals surface area (Å²) >= 11 is 0. The van der Waals surface area contributed by atoms with Crippen molar-refractivity contribution in [2.45, 2.75) is 64.2 Å². The normalized spacial score (nSPS) is 19.1. The smallest absolute Gasteiger partial charge is 0.195 e. The molecule has 31 heavy (non-hydrogen) atoms. The van der Waals surface area contributed by atoms with E-state index >= 15 is 0 Å². The summed E-state index contributed by atoms with van der Waals surface area (Å²) in [5.74, 6) is -3.12. The van der Waals surface area contributed by atoms with Gasteiger partial charge in [-0.25, -0.2) is 17.6 Å². The Kier molecular flexibility index (Phi) is 6.64. The summed E-state index contributed by atoms with van der Waals surface area (Å²) in [5.41, 5.74) is 1.92. The molecule has 4 heteroatoms. The molecule has 0 aliphatic heterocycles. The highest BCUT2D eigenvalue weighted by Gasteiger charge is 2.23. The Bertz CT molecular complexity index is 1060. The van der Waals surface area contributed by atoms with Crippen LogP contribution in [0.2, 0.25) is 0 Å². The molecule has 0 amide bonds. The summed E-state index contributed by atoms with van der Waals surface area (Å²) in [4.78, 5) is 0. The summed E-state index contributed by atoms with van der Waals surface area (Å²) < 4.78 is 56.0. The fourth-order valence-corrected chi connectivity index (χ4v) is 4.96. The Morgan fingerprint density at radius 3 is 2.26 bits per heavy atom. The summed E-state index contributed by atoms with van der Waals surface area (Å²) in [5, 5.41) is 0.189. The molecule has 0 aromatic heterocycles. The Labute approximate surface area is 181 Å². The molecule has 0 heterocycles. The predicted octanol–water partition coefficient (Wildman–Crippen LogP) is 8.92. The van der Waals surface area contributed by atoms with Crippen LogP contribution < -0.4 is 0 Å². The van der Waals surface area contributed by atoms with Crippen molar-refractivity contribution in [3.8, 4) is 11.1 Å². The van der Waals surface area contributed by atoms with Gasteiger partial charge in [0.25, 0.3) is 0 Å². The Morgan fingerprint density at radius 1 is 0.774 bits per heavy atom. The Hall–Kier alpha value is -2.36. The van der Waals surface area contributed by atoms with Gasteiger partial charge in [-0.1, -0.05) is 56.9 Å². The van der Waals surface area contributed by atoms with Gasteiger partial charge in [0.1, 0.15) is 5.82 Å². The second-order valence-electron chi connectivity index (χ2n) is 8.87. The molecule has 0 nitrogen and oxygen atoms in total. The zero-order valence-corrected chi connectivity index (χ0v) is 17.9. The maximum Gasteiger partial charge on any atom is 0.195 e. The number of benzene rings is 3. The zero-order chi connectivity index (χ0) is 22.0.